The van der Waals surface area contributed by atoms with Crippen molar-refractivity contribution in [2.45, 2.75) is 62.7 Å². The molecule has 1 heterocycles. The fourth-order valence-corrected chi connectivity index (χ4v) is 5.77. The second-order valence-electron chi connectivity index (χ2n) is 12.6. The largest absolute Gasteiger partial charge is 0.370 e. The smallest absolute Gasteiger partial charge is 0.243 e. The second kappa shape index (κ2) is 19.4. The van der Waals surface area contributed by atoms with E-state index in [2.05, 4.69) is 36.6 Å². The van der Waals surface area contributed by atoms with Crippen LogP contribution in [-0.2, 0) is 36.8 Å². The van der Waals surface area contributed by atoms with Crippen molar-refractivity contribution < 1.29 is 28.4 Å². The van der Waals surface area contributed by atoms with Gasteiger partial charge in [0.1, 0.15) is 30.0 Å². The first-order valence-corrected chi connectivity index (χ1v) is 17.2. The second-order valence-corrected chi connectivity index (χ2v) is 12.6. The third kappa shape index (κ3) is 12.8. The first kappa shape index (κ1) is 39.5. The van der Waals surface area contributed by atoms with Crippen LogP contribution in [0.25, 0.3) is 10.8 Å². The first-order chi connectivity index (χ1) is 25.4. The summed E-state index contributed by atoms with van der Waals surface area (Å²) in [5, 5.41) is 15.3. The van der Waals surface area contributed by atoms with Crippen LogP contribution < -0.4 is 49.5 Å². The van der Waals surface area contributed by atoms with Crippen molar-refractivity contribution in [2.75, 3.05) is 19.6 Å². The molecule has 3 aromatic rings. The summed E-state index contributed by atoms with van der Waals surface area (Å²) in [6, 6.07) is 13.9. The van der Waals surface area contributed by atoms with Gasteiger partial charge in [0.25, 0.3) is 0 Å². The number of guanidine groups is 2. The van der Waals surface area contributed by atoms with Gasteiger partial charge in [0.15, 0.2) is 11.9 Å². The number of carbonyl (C=O) groups is 5. The molecule has 16 nitrogen and oxygen atoms in total. The fraction of sp³-hybridized carbons (Fsp3) is 0.361. The Hall–Kier alpha value is -6.26. The molecule has 4 atom stereocenters. The number of nitrogens with two attached hydrogens (primary N) is 4. The van der Waals surface area contributed by atoms with Crippen molar-refractivity contribution >= 4 is 52.2 Å². The average Bonchev–Trinajstić information content (AvgIpc) is 3.12. The van der Waals surface area contributed by atoms with Gasteiger partial charge >= 0.3 is 0 Å². The number of nitrogens with zero attached hydrogens (tertiary/aromatic N) is 2. The van der Waals surface area contributed by atoms with E-state index in [1.54, 1.807) is 0 Å². The summed E-state index contributed by atoms with van der Waals surface area (Å²) in [7, 11) is 0. The van der Waals surface area contributed by atoms with Crippen LogP contribution in [0.3, 0.4) is 0 Å². The molecule has 3 aromatic carbocycles. The van der Waals surface area contributed by atoms with Gasteiger partial charge in [0.05, 0.1) is 6.54 Å². The van der Waals surface area contributed by atoms with Gasteiger partial charge < -0.3 is 49.5 Å². The van der Waals surface area contributed by atoms with E-state index in [-0.39, 0.29) is 63.5 Å². The van der Waals surface area contributed by atoms with Crippen LogP contribution in [0.15, 0.2) is 76.7 Å². The van der Waals surface area contributed by atoms with Gasteiger partial charge in [-0.15, -0.1) is 0 Å². The van der Waals surface area contributed by atoms with Crippen LogP contribution in [0.1, 0.15) is 36.8 Å². The van der Waals surface area contributed by atoms with E-state index in [0.717, 1.165) is 16.3 Å². The lowest BCUT2D eigenvalue weighted by Crippen LogP contribution is -2.58. The zero-order valence-electron chi connectivity index (χ0n) is 29.1. The Morgan fingerprint density at radius 2 is 1.09 bits per heavy atom. The Morgan fingerprint density at radius 1 is 0.604 bits per heavy atom. The molecule has 1 aliphatic heterocycles. The SMILES string of the molecule is NC(N)=NCCC[C@@H]1NC(=O)[C@H](Cc2ccc(F)cc2)NC(=O)CNC(=O)[C@H](Cc2ccc3ccccc3c2)NC(=O)[C@H](CCCN=C(N)N)NC1=O. The minimum atomic E-state index is -1.23. The molecule has 5 amide bonds. The van der Waals surface area contributed by atoms with E-state index in [1.165, 1.54) is 24.3 Å². The Labute approximate surface area is 305 Å². The van der Waals surface area contributed by atoms with Crippen LogP contribution in [0.2, 0.25) is 0 Å². The Balaban J connectivity index is 1.68. The molecule has 0 unspecified atom stereocenters. The lowest BCUT2D eigenvalue weighted by Gasteiger charge is -2.26. The molecule has 1 saturated heterocycles. The molecule has 0 saturated carbocycles. The van der Waals surface area contributed by atoms with Gasteiger partial charge in [-0.2, -0.15) is 0 Å². The highest BCUT2D eigenvalue weighted by molar-refractivity contribution is 5.97. The highest BCUT2D eigenvalue weighted by Gasteiger charge is 2.32. The Bertz CT molecular complexity index is 1830. The van der Waals surface area contributed by atoms with Crippen LogP contribution in [0, 0.1) is 5.82 Å². The van der Waals surface area contributed by atoms with Gasteiger partial charge in [-0.3, -0.25) is 34.0 Å². The number of hydrogen-bond donors (Lipinski definition) is 9. The van der Waals surface area contributed by atoms with Gasteiger partial charge in [-0.1, -0.05) is 54.6 Å². The first-order valence-electron chi connectivity index (χ1n) is 17.2. The summed E-state index contributed by atoms with van der Waals surface area (Å²) < 4.78 is 13.7. The van der Waals surface area contributed by atoms with Crippen molar-refractivity contribution in [1.29, 1.82) is 0 Å². The molecule has 17 heteroatoms. The number of rotatable bonds is 12. The zero-order chi connectivity index (χ0) is 38.3. The van der Waals surface area contributed by atoms with Gasteiger partial charge in [0, 0.05) is 25.9 Å². The highest BCUT2D eigenvalue weighted by atomic mass is 19.1. The van der Waals surface area contributed by atoms with Crippen molar-refractivity contribution in [3.8, 4) is 0 Å². The van der Waals surface area contributed by atoms with Crippen LogP contribution in [-0.4, -0.2) is 85.3 Å². The normalized spacial score (nSPS) is 20.1. The number of amides is 5. The molecule has 0 aliphatic carbocycles. The molecule has 13 N–H and O–H groups in total. The predicted molar refractivity (Wildman–Crippen MR) is 198 cm³/mol. The number of hydrogen-bond acceptors (Lipinski definition) is 7. The molecule has 0 aromatic heterocycles. The maximum absolute atomic E-state index is 13.9. The minimum Gasteiger partial charge on any atom is -0.370 e. The monoisotopic (exact) mass is 731 g/mol. The van der Waals surface area contributed by atoms with Crippen molar-refractivity contribution in [2.24, 2.45) is 32.9 Å². The van der Waals surface area contributed by atoms with Crippen LogP contribution >= 0.6 is 0 Å². The molecular weight excluding hydrogens is 685 g/mol. The molecule has 282 valence electrons. The molecule has 1 fully saturated rings. The predicted octanol–water partition coefficient (Wildman–Crippen LogP) is -1.06. The summed E-state index contributed by atoms with van der Waals surface area (Å²) in [6.07, 6.45) is 0.654. The highest BCUT2D eigenvalue weighted by Crippen LogP contribution is 2.17. The van der Waals surface area contributed by atoms with Gasteiger partial charge in [-0.25, -0.2) is 4.39 Å². The van der Waals surface area contributed by atoms with E-state index >= 15 is 0 Å². The maximum Gasteiger partial charge on any atom is 0.243 e. The summed E-state index contributed by atoms with van der Waals surface area (Å²) in [5.74, 6) is -4.27. The summed E-state index contributed by atoms with van der Waals surface area (Å²) in [5.41, 5.74) is 23.1. The topological polar surface area (TPSA) is 274 Å². The summed E-state index contributed by atoms with van der Waals surface area (Å²) in [4.78, 5) is 76.3. The molecule has 0 spiro atoms. The molecule has 4 rings (SSSR count). The van der Waals surface area contributed by atoms with E-state index in [9.17, 15) is 28.4 Å². The third-order valence-electron chi connectivity index (χ3n) is 8.47. The van der Waals surface area contributed by atoms with E-state index in [1.807, 2.05) is 42.5 Å². The van der Waals surface area contributed by atoms with Crippen molar-refractivity contribution in [1.82, 2.24) is 26.6 Å². The maximum atomic E-state index is 13.9. The molecule has 0 radical (unpaired) electrons. The molecule has 1 aliphatic rings. The number of fused-ring (bicyclic) bond motifs is 1. The average molecular weight is 732 g/mol. The van der Waals surface area contributed by atoms with Gasteiger partial charge in [-0.05, 0) is 59.7 Å². The summed E-state index contributed by atoms with van der Waals surface area (Å²) >= 11 is 0. The van der Waals surface area contributed by atoms with Crippen LogP contribution in [0.5, 0.6) is 0 Å². The van der Waals surface area contributed by atoms with Crippen LogP contribution in [0.4, 0.5) is 4.39 Å². The lowest BCUT2D eigenvalue weighted by atomic mass is 10.0. The van der Waals surface area contributed by atoms with Crippen molar-refractivity contribution in [3.63, 3.8) is 0 Å². The Morgan fingerprint density at radius 3 is 1.68 bits per heavy atom. The minimum absolute atomic E-state index is 0.0541. The Kier molecular flexibility index (Phi) is 14.4. The molecular formula is C36H46FN11O5. The zero-order valence-corrected chi connectivity index (χ0v) is 29.1. The number of benzene rings is 3. The summed E-state index contributed by atoms with van der Waals surface area (Å²) in [6.45, 7) is -0.234. The number of carbonyl (C=O) groups excluding carboxylic acids is 5. The lowest BCUT2D eigenvalue weighted by molar-refractivity contribution is -0.134. The van der Waals surface area contributed by atoms with E-state index in [0.29, 0.717) is 5.56 Å². The fourth-order valence-electron chi connectivity index (χ4n) is 5.77. The molecule has 0 bridgehead atoms. The third-order valence-corrected chi connectivity index (χ3v) is 8.47. The van der Waals surface area contributed by atoms with Gasteiger partial charge in [0.2, 0.25) is 29.5 Å². The quantitative estimate of drug-likeness (QED) is 0.0623. The van der Waals surface area contributed by atoms with Crippen molar-refractivity contribution in [3.05, 3.63) is 83.7 Å². The van der Waals surface area contributed by atoms with E-state index in [4.69, 9.17) is 22.9 Å². The molecule has 53 heavy (non-hydrogen) atoms. The number of aliphatic imine (C=N–C) groups is 2. The van der Waals surface area contributed by atoms with E-state index < -0.39 is 66.1 Å². The number of nitrogens with one attached hydrogen (secondary N) is 5. The number of halogens is 1. The standard InChI is InChI=1S/C36H46FN11O5/c37-25-13-10-21(11-14-25)18-29-34(53)47-26(7-3-15-42-35(38)39)32(51)46-27(8-4-16-43-36(40)41)33(52)48-28(31(50)44-20-30(49)45-29)19-22-9-12-23-5-1-2-6-24(23)17-22/h1-2,5-6,9-14,17,26-29H,3-4,7-8,15-16,18-20H2,(H,44,50)(H,45,49)(H,46,51)(H,47,53)(H,48,52)(H4,38,39,42)(H4,40,41,43)/t26-,27-,28-,29-/m0/s1.